The average Bonchev–Trinajstić information content (AvgIpc) is 3.05. The van der Waals surface area contributed by atoms with Gasteiger partial charge < -0.3 is 14.2 Å². The summed E-state index contributed by atoms with van der Waals surface area (Å²) < 4.78 is 15.9. The van der Waals surface area contributed by atoms with Crippen molar-refractivity contribution in [2.24, 2.45) is 0 Å². The summed E-state index contributed by atoms with van der Waals surface area (Å²) in [6, 6.07) is 7.66. The van der Waals surface area contributed by atoms with E-state index < -0.39 is 0 Å². The van der Waals surface area contributed by atoms with Gasteiger partial charge in [0, 0.05) is 17.2 Å². The first-order chi connectivity index (χ1) is 10.2. The van der Waals surface area contributed by atoms with Gasteiger partial charge in [0.15, 0.2) is 11.5 Å². The number of benzene rings is 1. The lowest BCUT2D eigenvalue weighted by Gasteiger charge is -2.12. The predicted octanol–water partition coefficient (Wildman–Crippen LogP) is 3.84. The first-order valence-electron chi connectivity index (χ1n) is 6.17. The Hall–Kier alpha value is -2.45. The maximum atomic E-state index is 9.34. The van der Waals surface area contributed by atoms with E-state index in [2.05, 4.69) is 6.07 Å². The molecule has 0 unspecified atom stereocenters. The van der Waals surface area contributed by atoms with Gasteiger partial charge in [-0.3, -0.25) is 0 Å². The highest BCUT2D eigenvalue weighted by atomic mass is 32.1. The van der Waals surface area contributed by atoms with Crippen LogP contribution in [0.25, 0.3) is 11.6 Å². The van der Waals surface area contributed by atoms with Gasteiger partial charge in [0.25, 0.3) is 0 Å². The van der Waals surface area contributed by atoms with Gasteiger partial charge in [0.1, 0.15) is 5.75 Å². The Balaban J connectivity index is 2.55. The van der Waals surface area contributed by atoms with Gasteiger partial charge in [-0.1, -0.05) is 0 Å². The van der Waals surface area contributed by atoms with Crippen LogP contribution in [-0.4, -0.2) is 21.3 Å². The lowest BCUT2D eigenvalue weighted by Crippen LogP contribution is -1.94. The van der Waals surface area contributed by atoms with E-state index in [0.29, 0.717) is 22.8 Å². The Bertz CT molecular complexity index is 684. The minimum Gasteiger partial charge on any atom is -0.496 e. The van der Waals surface area contributed by atoms with Crippen LogP contribution in [0, 0.1) is 11.3 Å². The van der Waals surface area contributed by atoms with Gasteiger partial charge in [-0.15, -0.1) is 0 Å². The number of nitrogens with zero attached hydrogens (tertiary/aromatic N) is 1. The molecule has 21 heavy (non-hydrogen) atoms. The van der Waals surface area contributed by atoms with Gasteiger partial charge in [-0.05, 0) is 29.0 Å². The largest absolute Gasteiger partial charge is 0.496 e. The molecule has 1 heterocycles. The van der Waals surface area contributed by atoms with Gasteiger partial charge in [0.2, 0.25) is 0 Å². The van der Waals surface area contributed by atoms with Crippen LogP contribution in [0.5, 0.6) is 17.2 Å². The van der Waals surface area contributed by atoms with Crippen molar-refractivity contribution in [2.45, 2.75) is 0 Å². The fraction of sp³-hybridized carbons (Fsp3) is 0.188. The van der Waals surface area contributed by atoms with Crippen LogP contribution in [0.4, 0.5) is 0 Å². The van der Waals surface area contributed by atoms with Crippen molar-refractivity contribution in [1.82, 2.24) is 0 Å². The maximum absolute atomic E-state index is 9.34. The van der Waals surface area contributed by atoms with Crippen molar-refractivity contribution in [3.8, 4) is 23.3 Å². The fourth-order valence-corrected chi connectivity index (χ4v) is 2.57. The van der Waals surface area contributed by atoms with Crippen molar-refractivity contribution in [1.29, 1.82) is 5.26 Å². The second kappa shape index (κ2) is 6.82. The number of hydrogen-bond acceptors (Lipinski definition) is 5. The number of allylic oxidation sites excluding steroid dienone is 1. The Morgan fingerprint density at radius 2 is 1.76 bits per heavy atom. The standard InChI is InChI=1S/C16H15NO3S/c1-18-14-8-16(20-3)15(19-2)7-12(14)6-13(9-17)11-4-5-21-10-11/h4-8,10H,1-3H3/b13-6+. The molecule has 108 valence electrons. The van der Waals surface area contributed by atoms with Crippen LogP contribution in [0.2, 0.25) is 0 Å². The van der Waals surface area contributed by atoms with Crippen LogP contribution >= 0.6 is 11.3 Å². The lowest BCUT2D eigenvalue weighted by atomic mass is 10.1. The number of methoxy groups -OCH3 is 3. The molecular formula is C16H15NO3S. The summed E-state index contributed by atoms with van der Waals surface area (Å²) in [4.78, 5) is 0. The highest BCUT2D eigenvalue weighted by molar-refractivity contribution is 7.08. The summed E-state index contributed by atoms with van der Waals surface area (Å²) in [5, 5.41) is 13.2. The average molecular weight is 301 g/mol. The number of hydrogen-bond donors (Lipinski definition) is 0. The molecule has 0 bridgehead atoms. The summed E-state index contributed by atoms with van der Waals surface area (Å²) in [5.74, 6) is 1.79. The molecule has 0 spiro atoms. The minimum absolute atomic E-state index is 0.571. The first-order valence-corrected chi connectivity index (χ1v) is 7.12. The zero-order valence-corrected chi connectivity index (χ0v) is 12.9. The summed E-state index contributed by atoms with van der Waals surface area (Å²) in [7, 11) is 4.72. The van der Waals surface area contributed by atoms with Crippen LogP contribution in [-0.2, 0) is 0 Å². The molecule has 0 atom stereocenters. The molecule has 2 rings (SSSR count). The fourth-order valence-electron chi connectivity index (χ4n) is 1.92. The number of nitriles is 1. The zero-order valence-electron chi connectivity index (χ0n) is 12.0. The van der Waals surface area contributed by atoms with E-state index in [1.807, 2.05) is 16.8 Å². The van der Waals surface area contributed by atoms with Crippen molar-refractivity contribution < 1.29 is 14.2 Å². The van der Waals surface area contributed by atoms with Gasteiger partial charge >= 0.3 is 0 Å². The summed E-state index contributed by atoms with van der Waals surface area (Å²) in [6.45, 7) is 0. The molecule has 0 saturated carbocycles. The Labute approximate surface area is 127 Å². The molecular weight excluding hydrogens is 286 g/mol. The molecule has 1 aromatic carbocycles. The lowest BCUT2D eigenvalue weighted by molar-refractivity contribution is 0.348. The number of thiophene rings is 1. The highest BCUT2D eigenvalue weighted by Gasteiger charge is 2.12. The Kier molecular flexibility index (Phi) is 4.85. The molecule has 0 aliphatic carbocycles. The van der Waals surface area contributed by atoms with Crippen molar-refractivity contribution in [2.75, 3.05) is 21.3 Å². The molecule has 0 fully saturated rings. The van der Waals surface area contributed by atoms with Crippen LogP contribution in [0.1, 0.15) is 11.1 Å². The molecule has 0 aliphatic heterocycles. The van der Waals surface area contributed by atoms with Crippen molar-refractivity contribution in [3.05, 3.63) is 40.1 Å². The molecule has 2 aromatic rings. The van der Waals surface area contributed by atoms with E-state index in [1.165, 1.54) is 0 Å². The smallest absolute Gasteiger partial charge is 0.164 e. The molecule has 0 aliphatic rings. The highest BCUT2D eigenvalue weighted by Crippen LogP contribution is 2.36. The molecule has 0 radical (unpaired) electrons. The normalized spacial score (nSPS) is 10.9. The van der Waals surface area contributed by atoms with Gasteiger partial charge in [-0.2, -0.15) is 16.6 Å². The third-order valence-electron chi connectivity index (χ3n) is 2.99. The SMILES string of the molecule is COc1cc(OC)c(OC)cc1/C=C(\C#N)c1ccsc1. The van der Waals surface area contributed by atoms with Crippen LogP contribution in [0.15, 0.2) is 29.0 Å². The summed E-state index contributed by atoms with van der Waals surface area (Å²) in [5.41, 5.74) is 2.22. The Morgan fingerprint density at radius 3 is 2.29 bits per heavy atom. The summed E-state index contributed by atoms with van der Waals surface area (Å²) >= 11 is 1.55. The third kappa shape index (κ3) is 3.18. The summed E-state index contributed by atoms with van der Waals surface area (Å²) in [6.07, 6.45) is 1.78. The minimum atomic E-state index is 0.571. The second-order valence-electron chi connectivity index (χ2n) is 4.13. The topological polar surface area (TPSA) is 51.5 Å². The maximum Gasteiger partial charge on any atom is 0.164 e. The number of rotatable bonds is 5. The molecule has 0 N–H and O–H groups in total. The molecule has 4 nitrogen and oxygen atoms in total. The Morgan fingerprint density at radius 1 is 1.10 bits per heavy atom. The predicted molar refractivity (Wildman–Crippen MR) is 83.9 cm³/mol. The molecule has 0 amide bonds. The van der Waals surface area contributed by atoms with Gasteiger partial charge in [0.05, 0.1) is 33.0 Å². The van der Waals surface area contributed by atoms with Crippen molar-refractivity contribution >= 4 is 23.0 Å². The first kappa shape index (κ1) is 14.9. The quantitative estimate of drug-likeness (QED) is 0.787. The van der Waals surface area contributed by atoms with E-state index >= 15 is 0 Å². The molecule has 1 aromatic heterocycles. The second-order valence-corrected chi connectivity index (χ2v) is 4.91. The van der Waals surface area contributed by atoms with Crippen molar-refractivity contribution in [3.63, 3.8) is 0 Å². The molecule has 5 heteroatoms. The molecule has 0 saturated heterocycles. The van der Waals surface area contributed by atoms with Crippen LogP contribution < -0.4 is 14.2 Å². The van der Waals surface area contributed by atoms with E-state index in [1.54, 1.807) is 50.9 Å². The van der Waals surface area contributed by atoms with E-state index in [0.717, 1.165) is 11.1 Å². The van der Waals surface area contributed by atoms with E-state index in [9.17, 15) is 5.26 Å². The zero-order chi connectivity index (χ0) is 15.2. The number of ether oxygens (including phenoxy) is 3. The van der Waals surface area contributed by atoms with Gasteiger partial charge in [-0.25, -0.2) is 0 Å². The van der Waals surface area contributed by atoms with E-state index in [4.69, 9.17) is 14.2 Å². The van der Waals surface area contributed by atoms with Crippen LogP contribution in [0.3, 0.4) is 0 Å². The third-order valence-corrected chi connectivity index (χ3v) is 3.67. The van der Waals surface area contributed by atoms with E-state index in [-0.39, 0.29) is 0 Å². The monoisotopic (exact) mass is 301 g/mol.